The smallest absolute Gasteiger partial charge is 0.226 e. The predicted octanol–water partition coefficient (Wildman–Crippen LogP) is 1.73. The van der Waals surface area contributed by atoms with Gasteiger partial charge in [-0.05, 0) is 42.4 Å². The zero-order chi connectivity index (χ0) is 18.9. The third kappa shape index (κ3) is 4.03. The second kappa shape index (κ2) is 7.31. The molecule has 1 unspecified atom stereocenters. The second-order valence-corrected chi connectivity index (χ2v) is 7.56. The highest BCUT2D eigenvalue weighted by Crippen LogP contribution is 2.40. The number of aliphatic hydroxyl groups excluding tert-OH is 1. The summed E-state index contributed by atoms with van der Waals surface area (Å²) in [5.74, 6) is -2.04. The first kappa shape index (κ1) is 18.8. The minimum atomic E-state index is -0.951. The van der Waals surface area contributed by atoms with Crippen LogP contribution in [0.25, 0.3) is 0 Å². The number of amides is 2. The van der Waals surface area contributed by atoms with Gasteiger partial charge in [-0.15, -0.1) is 0 Å². The number of hydrogen-bond donors (Lipinski definition) is 1. The normalized spacial score (nSPS) is 22.5. The van der Waals surface area contributed by atoms with Crippen LogP contribution >= 0.6 is 0 Å². The molecule has 1 atom stereocenters. The Hall–Kier alpha value is -2.02. The first-order valence-electron chi connectivity index (χ1n) is 8.93. The molecular weight excluding hydrogens is 342 g/mol. The van der Waals surface area contributed by atoms with Gasteiger partial charge in [0.1, 0.15) is 0 Å². The Morgan fingerprint density at radius 2 is 1.88 bits per heavy atom. The van der Waals surface area contributed by atoms with E-state index in [1.54, 1.807) is 9.80 Å². The first-order valence-corrected chi connectivity index (χ1v) is 8.93. The lowest BCUT2D eigenvalue weighted by atomic mass is 9.71. The van der Waals surface area contributed by atoms with E-state index in [0.717, 1.165) is 25.0 Å². The molecular formula is C19H24F2N2O3. The predicted molar refractivity (Wildman–Crippen MR) is 91.2 cm³/mol. The van der Waals surface area contributed by atoms with E-state index >= 15 is 0 Å². The second-order valence-electron chi connectivity index (χ2n) is 7.56. The molecule has 0 saturated carbocycles. The van der Waals surface area contributed by atoms with Gasteiger partial charge in [0.2, 0.25) is 11.8 Å². The van der Waals surface area contributed by atoms with Crippen molar-refractivity contribution in [3.63, 3.8) is 0 Å². The van der Waals surface area contributed by atoms with Gasteiger partial charge in [0, 0.05) is 33.1 Å². The van der Waals surface area contributed by atoms with E-state index in [1.807, 2.05) is 0 Å². The first-order chi connectivity index (χ1) is 12.3. The summed E-state index contributed by atoms with van der Waals surface area (Å²) in [5, 5.41) is 10.1. The van der Waals surface area contributed by atoms with Gasteiger partial charge in [-0.25, -0.2) is 8.78 Å². The quantitative estimate of drug-likeness (QED) is 0.867. The van der Waals surface area contributed by atoms with Crippen molar-refractivity contribution in [3.05, 3.63) is 35.4 Å². The summed E-state index contributed by atoms with van der Waals surface area (Å²) < 4.78 is 26.3. The molecule has 3 rings (SSSR count). The van der Waals surface area contributed by atoms with Crippen LogP contribution in [0.4, 0.5) is 8.78 Å². The topological polar surface area (TPSA) is 60.9 Å². The van der Waals surface area contributed by atoms with Crippen LogP contribution in [0.2, 0.25) is 0 Å². The number of carbonyl (C=O) groups excluding carboxylic acids is 2. The number of piperidine rings is 2. The monoisotopic (exact) mass is 366 g/mol. The van der Waals surface area contributed by atoms with Gasteiger partial charge in [-0.1, -0.05) is 6.07 Å². The van der Waals surface area contributed by atoms with Crippen LogP contribution < -0.4 is 0 Å². The molecule has 0 aromatic heterocycles. The number of halogens is 2. The minimum Gasteiger partial charge on any atom is -0.391 e. The summed E-state index contributed by atoms with van der Waals surface area (Å²) in [5.41, 5.74) is 0.298. The third-order valence-electron chi connectivity index (χ3n) is 5.59. The number of rotatable bonds is 2. The minimum absolute atomic E-state index is 0.0341. The SMILES string of the molecule is CC(=O)N1CC(O)CC2(CCN(C(=O)Cc3ccc(F)c(F)c3)CC2)C1. The summed E-state index contributed by atoms with van der Waals surface area (Å²) in [6, 6.07) is 3.51. The van der Waals surface area contributed by atoms with Gasteiger partial charge in [0.25, 0.3) is 0 Å². The molecule has 5 nitrogen and oxygen atoms in total. The highest BCUT2D eigenvalue weighted by molar-refractivity contribution is 5.79. The van der Waals surface area contributed by atoms with E-state index in [2.05, 4.69) is 0 Å². The van der Waals surface area contributed by atoms with E-state index in [1.165, 1.54) is 13.0 Å². The molecule has 2 aliphatic heterocycles. The molecule has 1 N–H and O–H groups in total. The van der Waals surface area contributed by atoms with Crippen molar-refractivity contribution in [1.29, 1.82) is 0 Å². The molecule has 0 bridgehead atoms. The lowest BCUT2D eigenvalue weighted by Gasteiger charge is -2.49. The fourth-order valence-corrected chi connectivity index (χ4v) is 4.12. The maximum absolute atomic E-state index is 13.3. The summed E-state index contributed by atoms with van der Waals surface area (Å²) in [4.78, 5) is 27.6. The average Bonchev–Trinajstić information content (AvgIpc) is 2.58. The Labute approximate surface area is 151 Å². The molecule has 2 saturated heterocycles. The van der Waals surface area contributed by atoms with Crippen LogP contribution in [-0.4, -0.2) is 59.0 Å². The van der Waals surface area contributed by atoms with Crippen molar-refractivity contribution in [2.24, 2.45) is 5.41 Å². The molecule has 0 radical (unpaired) electrons. The van der Waals surface area contributed by atoms with Crippen molar-refractivity contribution < 1.29 is 23.5 Å². The van der Waals surface area contributed by atoms with Crippen molar-refractivity contribution in [2.75, 3.05) is 26.2 Å². The van der Waals surface area contributed by atoms with Gasteiger partial charge in [-0.3, -0.25) is 9.59 Å². The number of likely N-dealkylation sites (tertiary alicyclic amines) is 2. The molecule has 2 heterocycles. The molecule has 142 valence electrons. The zero-order valence-electron chi connectivity index (χ0n) is 14.9. The Morgan fingerprint density at radius 3 is 2.50 bits per heavy atom. The highest BCUT2D eigenvalue weighted by atomic mass is 19.2. The Balaban J connectivity index is 1.59. The largest absolute Gasteiger partial charge is 0.391 e. The molecule has 2 fully saturated rings. The van der Waals surface area contributed by atoms with E-state index in [9.17, 15) is 23.5 Å². The molecule has 1 aromatic carbocycles. The van der Waals surface area contributed by atoms with Gasteiger partial charge in [-0.2, -0.15) is 0 Å². The Morgan fingerprint density at radius 1 is 1.19 bits per heavy atom. The van der Waals surface area contributed by atoms with Crippen LogP contribution in [0.15, 0.2) is 18.2 Å². The highest BCUT2D eigenvalue weighted by Gasteiger charge is 2.42. The van der Waals surface area contributed by atoms with Gasteiger partial charge in [0.05, 0.1) is 12.5 Å². The average molecular weight is 366 g/mol. The van der Waals surface area contributed by atoms with Crippen LogP contribution in [-0.2, 0) is 16.0 Å². The van der Waals surface area contributed by atoms with Gasteiger partial charge >= 0.3 is 0 Å². The van der Waals surface area contributed by atoms with Crippen molar-refractivity contribution in [2.45, 2.75) is 38.7 Å². The number of benzene rings is 1. The Kier molecular flexibility index (Phi) is 5.27. The molecule has 2 amide bonds. The van der Waals surface area contributed by atoms with E-state index in [4.69, 9.17) is 0 Å². The van der Waals surface area contributed by atoms with Crippen molar-refractivity contribution >= 4 is 11.8 Å². The van der Waals surface area contributed by atoms with Crippen LogP contribution in [0, 0.1) is 17.0 Å². The third-order valence-corrected chi connectivity index (χ3v) is 5.59. The number of nitrogens with zero attached hydrogens (tertiary/aromatic N) is 2. The van der Waals surface area contributed by atoms with Crippen LogP contribution in [0.3, 0.4) is 0 Å². The molecule has 7 heteroatoms. The van der Waals surface area contributed by atoms with E-state index in [0.29, 0.717) is 38.2 Å². The molecule has 2 aliphatic rings. The zero-order valence-corrected chi connectivity index (χ0v) is 14.9. The fraction of sp³-hybridized carbons (Fsp3) is 0.579. The number of β-amino-alcohol motifs (C(OH)–C–C–N with tert-alkyl or cyclic N) is 1. The lowest BCUT2D eigenvalue weighted by Crippen LogP contribution is -2.55. The number of aliphatic hydroxyl groups is 1. The molecule has 0 aliphatic carbocycles. The molecule has 26 heavy (non-hydrogen) atoms. The van der Waals surface area contributed by atoms with E-state index in [-0.39, 0.29) is 23.7 Å². The molecule has 1 aromatic rings. The van der Waals surface area contributed by atoms with Crippen molar-refractivity contribution in [1.82, 2.24) is 9.80 Å². The molecule has 1 spiro atoms. The van der Waals surface area contributed by atoms with Gasteiger partial charge in [0.15, 0.2) is 11.6 Å². The maximum Gasteiger partial charge on any atom is 0.226 e. The summed E-state index contributed by atoms with van der Waals surface area (Å²) in [7, 11) is 0. The van der Waals surface area contributed by atoms with Crippen LogP contribution in [0.5, 0.6) is 0 Å². The number of carbonyl (C=O) groups is 2. The summed E-state index contributed by atoms with van der Waals surface area (Å²) in [6.45, 7) is 3.58. The fourth-order valence-electron chi connectivity index (χ4n) is 4.12. The summed E-state index contributed by atoms with van der Waals surface area (Å²) >= 11 is 0. The van der Waals surface area contributed by atoms with Crippen molar-refractivity contribution in [3.8, 4) is 0 Å². The van der Waals surface area contributed by atoms with Gasteiger partial charge < -0.3 is 14.9 Å². The number of hydrogen-bond acceptors (Lipinski definition) is 3. The standard InChI is InChI=1S/C19H24F2N2O3/c1-13(24)23-11-15(25)10-19(12-23)4-6-22(7-5-19)18(26)9-14-2-3-16(20)17(21)8-14/h2-3,8,15,25H,4-7,9-12H2,1H3. The maximum atomic E-state index is 13.3. The lowest BCUT2D eigenvalue weighted by molar-refractivity contribution is -0.141. The van der Waals surface area contributed by atoms with E-state index < -0.39 is 17.7 Å². The summed E-state index contributed by atoms with van der Waals surface area (Å²) in [6.07, 6.45) is 1.58. The van der Waals surface area contributed by atoms with Crippen LogP contribution in [0.1, 0.15) is 31.7 Å². The Bertz CT molecular complexity index is 702.